The summed E-state index contributed by atoms with van der Waals surface area (Å²) in [5.41, 5.74) is 4.27. The fourth-order valence-electron chi connectivity index (χ4n) is 2.14. The van der Waals surface area contributed by atoms with Gasteiger partial charge in [-0.05, 0) is 30.9 Å². The zero-order chi connectivity index (χ0) is 9.97. The lowest BCUT2D eigenvalue weighted by molar-refractivity contribution is 0.568. The Morgan fingerprint density at radius 1 is 1.57 bits per heavy atom. The Hall–Kier alpha value is -1.26. The quantitative estimate of drug-likeness (QED) is 0.696. The number of nitrogens with one attached hydrogen (secondary N) is 1. The summed E-state index contributed by atoms with van der Waals surface area (Å²) < 4.78 is 0. The van der Waals surface area contributed by atoms with E-state index >= 15 is 0 Å². The number of terminal acetylenes is 1. The van der Waals surface area contributed by atoms with E-state index in [0.29, 0.717) is 12.6 Å². The second-order valence-electron chi connectivity index (χ2n) is 3.88. The second-order valence-corrected chi connectivity index (χ2v) is 3.88. The van der Waals surface area contributed by atoms with Crippen molar-refractivity contribution in [3.63, 3.8) is 0 Å². The normalized spacial score (nSPS) is 19.0. The SMILES string of the molecule is C#CCN[C@H]1CCc2cc(C)ccc21. The predicted molar refractivity (Wildman–Crippen MR) is 59.1 cm³/mol. The Bertz CT molecular complexity index is 373. The molecule has 0 bridgehead atoms. The summed E-state index contributed by atoms with van der Waals surface area (Å²) in [6.45, 7) is 2.81. The highest BCUT2D eigenvalue weighted by Crippen LogP contribution is 2.31. The first-order valence-electron chi connectivity index (χ1n) is 5.07. The molecular formula is C13H15N. The van der Waals surface area contributed by atoms with Crippen LogP contribution in [0.1, 0.15) is 29.2 Å². The second kappa shape index (κ2) is 3.86. The Morgan fingerprint density at radius 3 is 3.21 bits per heavy atom. The maximum absolute atomic E-state index is 5.24. The average Bonchev–Trinajstić information content (AvgIpc) is 2.57. The molecule has 1 aliphatic carbocycles. The number of fused-ring (bicyclic) bond motifs is 1. The van der Waals surface area contributed by atoms with Crippen molar-refractivity contribution in [2.75, 3.05) is 6.54 Å². The Labute approximate surface area is 85.5 Å². The minimum atomic E-state index is 0.474. The number of rotatable bonds is 2. The highest BCUT2D eigenvalue weighted by atomic mass is 14.9. The molecule has 0 unspecified atom stereocenters. The van der Waals surface area contributed by atoms with Crippen LogP contribution in [0, 0.1) is 19.3 Å². The van der Waals surface area contributed by atoms with Crippen LogP contribution in [0.3, 0.4) is 0 Å². The first-order chi connectivity index (χ1) is 6.81. The number of aryl methyl sites for hydroxylation is 2. The molecular weight excluding hydrogens is 170 g/mol. The minimum absolute atomic E-state index is 0.474. The summed E-state index contributed by atoms with van der Waals surface area (Å²) in [6.07, 6.45) is 7.60. The molecule has 14 heavy (non-hydrogen) atoms. The monoisotopic (exact) mass is 185 g/mol. The van der Waals surface area contributed by atoms with Crippen LogP contribution in [0.5, 0.6) is 0 Å². The molecule has 1 aromatic rings. The van der Waals surface area contributed by atoms with Crippen molar-refractivity contribution in [3.05, 3.63) is 34.9 Å². The summed E-state index contributed by atoms with van der Waals surface area (Å²) in [4.78, 5) is 0. The lowest BCUT2D eigenvalue weighted by Crippen LogP contribution is -2.19. The molecule has 0 saturated heterocycles. The van der Waals surface area contributed by atoms with Gasteiger partial charge in [0.2, 0.25) is 0 Å². The van der Waals surface area contributed by atoms with Crippen molar-refractivity contribution in [1.82, 2.24) is 5.32 Å². The van der Waals surface area contributed by atoms with Crippen LogP contribution in [0.25, 0.3) is 0 Å². The summed E-state index contributed by atoms with van der Waals surface area (Å²) >= 11 is 0. The molecule has 1 aliphatic rings. The van der Waals surface area contributed by atoms with Gasteiger partial charge in [0.25, 0.3) is 0 Å². The molecule has 72 valence electrons. The van der Waals surface area contributed by atoms with Crippen molar-refractivity contribution in [2.45, 2.75) is 25.8 Å². The van der Waals surface area contributed by atoms with Crippen molar-refractivity contribution in [2.24, 2.45) is 0 Å². The molecule has 1 N–H and O–H groups in total. The maximum atomic E-state index is 5.24. The van der Waals surface area contributed by atoms with E-state index in [0.717, 1.165) is 0 Å². The molecule has 0 heterocycles. The Morgan fingerprint density at radius 2 is 2.43 bits per heavy atom. The van der Waals surface area contributed by atoms with E-state index in [1.807, 2.05) is 0 Å². The van der Waals surface area contributed by atoms with Crippen LogP contribution in [-0.2, 0) is 6.42 Å². The van der Waals surface area contributed by atoms with Crippen molar-refractivity contribution < 1.29 is 0 Å². The third-order valence-electron chi connectivity index (χ3n) is 2.83. The van der Waals surface area contributed by atoms with E-state index < -0.39 is 0 Å². The van der Waals surface area contributed by atoms with Gasteiger partial charge in [0.05, 0.1) is 6.54 Å². The third kappa shape index (κ3) is 1.66. The molecule has 0 aromatic heterocycles. The minimum Gasteiger partial charge on any atom is -0.299 e. The van der Waals surface area contributed by atoms with Gasteiger partial charge in [-0.25, -0.2) is 0 Å². The van der Waals surface area contributed by atoms with Crippen LogP contribution in [-0.4, -0.2) is 6.54 Å². The fraction of sp³-hybridized carbons (Fsp3) is 0.385. The van der Waals surface area contributed by atoms with E-state index in [4.69, 9.17) is 6.42 Å². The zero-order valence-electron chi connectivity index (χ0n) is 8.51. The van der Waals surface area contributed by atoms with Gasteiger partial charge in [0.1, 0.15) is 0 Å². The number of benzene rings is 1. The maximum Gasteiger partial charge on any atom is 0.0578 e. The molecule has 0 aliphatic heterocycles. The van der Waals surface area contributed by atoms with Crippen LogP contribution >= 0.6 is 0 Å². The molecule has 1 heteroatoms. The van der Waals surface area contributed by atoms with Gasteiger partial charge in [0.15, 0.2) is 0 Å². The summed E-state index contributed by atoms with van der Waals surface area (Å²) in [5, 5.41) is 3.37. The van der Waals surface area contributed by atoms with E-state index in [9.17, 15) is 0 Å². The van der Waals surface area contributed by atoms with Crippen molar-refractivity contribution in [3.8, 4) is 12.3 Å². The highest BCUT2D eigenvalue weighted by molar-refractivity contribution is 5.37. The van der Waals surface area contributed by atoms with Gasteiger partial charge in [-0.15, -0.1) is 6.42 Å². The van der Waals surface area contributed by atoms with Gasteiger partial charge in [-0.3, -0.25) is 5.32 Å². The van der Waals surface area contributed by atoms with E-state index in [2.05, 4.69) is 36.4 Å². The molecule has 1 aromatic carbocycles. The number of hydrogen-bond acceptors (Lipinski definition) is 1. The third-order valence-corrected chi connectivity index (χ3v) is 2.83. The molecule has 1 atom stereocenters. The largest absolute Gasteiger partial charge is 0.299 e. The Kier molecular flexibility index (Phi) is 2.56. The van der Waals surface area contributed by atoms with E-state index in [1.165, 1.54) is 29.5 Å². The molecule has 0 fully saturated rings. The van der Waals surface area contributed by atoms with Crippen molar-refractivity contribution in [1.29, 1.82) is 0 Å². The summed E-state index contributed by atoms with van der Waals surface area (Å²) in [5.74, 6) is 2.63. The summed E-state index contributed by atoms with van der Waals surface area (Å²) in [7, 11) is 0. The average molecular weight is 185 g/mol. The molecule has 0 radical (unpaired) electrons. The van der Waals surface area contributed by atoms with Crippen molar-refractivity contribution >= 4 is 0 Å². The topological polar surface area (TPSA) is 12.0 Å². The summed E-state index contributed by atoms with van der Waals surface area (Å²) in [6, 6.07) is 7.16. The lowest BCUT2D eigenvalue weighted by Gasteiger charge is -2.11. The van der Waals surface area contributed by atoms with Crippen LogP contribution in [0.4, 0.5) is 0 Å². The van der Waals surface area contributed by atoms with Gasteiger partial charge in [-0.1, -0.05) is 29.7 Å². The van der Waals surface area contributed by atoms with Gasteiger partial charge in [-0.2, -0.15) is 0 Å². The lowest BCUT2D eigenvalue weighted by atomic mass is 10.1. The zero-order valence-corrected chi connectivity index (χ0v) is 8.51. The van der Waals surface area contributed by atoms with Gasteiger partial charge >= 0.3 is 0 Å². The Balaban J connectivity index is 2.19. The first kappa shape index (κ1) is 9.30. The van der Waals surface area contributed by atoms with E-state index in [1.54, 1.807) is 0 Å². The predicted octanol–water partition coefficient (Wildman–Crippen LogP) is 2.21. The highest BCUT2D eigenvalue weighted by Gasteiger charge is 2.20. The van der Waals surface area contributed by atoms with Crippen LogP contribution in [0.2, 0.25) is 0 Å². The fourth-order valence-corrected chi connectivity index (χ4v) is 2.14. The first-order valence-corrected chi connectivity index (χ1v) is 5.07. The molecule has 0 spiro atoms. The van der Waals surface area contributed by atoms with Crippen LogP contribution < -0.4 is 5.32 Å². The molecule has 1 nitrogen and oxygen atoms in total. The molecule has 0 saturated carbocycles. The molecule has 2 rings (SSSR count). The standard InChI is InChI=1S/C13H15N/c1-3-8-14-13-7-5-11-9-10(2)4-6-12(11)13/h1,4,6,9,13-14H,5,7-8H2,2H3/t13-/m0/s1. The van der Waals surface area contributed by atoms with Gasteiger partial charge in [0, 0.05) is 6.04 Å². The van der Waals surface area contributed by atoms with E-state index in [-0.39, 0.29) is 0 Å². The molecule has 0 amide bonds. The smallest absolute Gasteiger partial charge is 0.0578 e. The van der Waals surface area contributed by atoms with Crippen LogP contribution in [0.15, 0.2) is 18.2 Å². The van der Waals surface area contributed by atoms with Gasteiger partial charge < -0.3 is 0 Å². The number of hydrogen-bond donors (Lipinski definition) is 1.